The molecular weight excluding hydrogens is 236 g/mol. The number of aromatic nitrogens is 1. The van der Waals surface area contributed by atoms with Crippen LogP contribution in [-0.4, -0.2) is 22.1 Å². The van der Waals surface area contributed by atoms with E-state index >= 15 is 0 Å². The summed E-state index contributed by atoms with van der Waals surface area (Å²) in [7, 11) is 0. The molecule has 0 spiro atoms. The summed E-state index contributed by atoms with van der Waals surface area (Å²) in [5, 5.41) is 14.6. The van der Waals surface area contributed by atoms with Gasteiger partial charge in [-0.25, -0.2) is 4.79 Å². The van der Waals surface area contributed by atoms with Gasteiger partial charge in [0.1, 0.15) is 0 Å². The minimum Gasteiger partial charge on any atom is -0.475 e. The Labute approximate surface area is 102 Å². The van der Waals surface area contributed by atoms with Crippen molar-refractivity contribution in [2.24, 2.45) is 0 Å². The van der Waals surface area contributed by atoms with Gasteiger partial charge in [0, 0.05) is 11.8 Å². The van der Waals surface area contributed by atoms with Crippen molar-refractivity contribution in [3.63, 3.8) is 0 Å². The fraction of sp³-hybridized carbons (Fsp3) is 0.0833. The smallest absolute Gasteiger partial charge is 0.374 e. The van der Waals surface area contributed by atoms with Gasteiger partial charge in [-0.3, -0.25) is 4.79 Å². The number of anilines is 1. The molecule has 1 aromatic carbocycles. The molecule has 0 radical (unpaired) electrons. The Morgan fingerprint density at radius 3 is 2.50 bits per heavy atom. The van der Waals surface area contributed by atoms with Crippen molar-refractivity contribution in [1.82, 2.24) is 5.16 Å². The highest BCUT2D eigenvalue weighted by atomic mass is 16.5. The quantitative estimate of drug-likeness (QED) is 0.863. The summed E-state index contributed by atoms with van der Waals surface area (Å²) >= 11 is 0. The number of carboxylic acid groups (broad SMARTS) is 1. The van der Waals surface area contributed by atoms with Crippen molar-refractivity contribution < 1.29 is 19.2 Å². The van der Waals surface area contributed by atoms with Crippen LogP contribution >= 0.6 is 0 Å². The fourth-order valence-electron chi connectivity index (χ4n) is 1.32. The van der Waals surface area contributed by atoms with Crippen LogP contribution in [0.2, 0.25) is 0 Å². The largest absolute Gasteiger partial charge is 0.475 e. The molecule has 18 heavy (non-hydrogen) atoms. The van der Waals surface area contributed by atoms with Crippen LogP contribution in [0.4, 0.5) is 5.69 Å². The summed E-state index contributed by atoms with van der Waals surface area (Å²) in [5.74, 6) is -2.16. The third-order valence-electron chi connectivity index (χ3n) is 2.26. The number of hydrogen-bond donors (Lipinski definition) is 2. The highest BCUT2D eigenvalue weighted by Gasteiger charge is 2.16. The number of carboxylic acids is 1. The first-order chi connectivity index (χ1) is 8.56. The second kappa shape index (κ2) is 4.70. The second-order valence-corrected chi connectivity index (χ2v) is 3.70. The number of nitrogens with zero attached hydrogens (tertiary/aromatic N) is 1. The molecule has 0 unspecified atom stereocenters. The van der Waals surface area contributed by atoms with Gasteiger partial charge in [-0.05, 0) is 19.1 Å². The van der Waals surface area contributed by atoms with Crippen LogP contribution in [0.5, 0.6) is 0 Å². The number of aromatic carboxylic acids is 1. The number of carbonyl (C=O) groups is 2. The van der Waals surface area contributed by atoms with Gasteiger partial charge in [0.25, 0.3) is 5.91 Å². The fourth-order valence-corrected chi connectivity index (χ4v) is 1.32. The molecule has 2 rings (SSSR count). The van der Waals surface area contributed by atoms with Crippen molar-refractivity contribution >= 4 is 17.6 Å². The Hall–Kier alpha value is -2.63. The van der Waals surface area contributed by atoms with Crippen molar-refractivity contribution in [2.75, 3.05) is 5.32 Å². The number of carbonyl (C=O) groups excluding carboxylic acids is 1. The SMILES string of the molecule is Cc1ccc(NC(=O)c2cc(C(=O)O)on2)cc1. The highest BCUT2D eigenvalue weighted by Crippen LogP contribution is 2.11. The Morgan fingerprint density at radius 1 is 1.28 bits per heavy atom. The standard InChI is InChI=1S/C12H10N2O4/c1-7-2-4-8(5-3-7)13-11(15)9-6-10(12(16)17)18-14-9/h2-6H,1H3,(H,13,15)(H,16,17). The maximum atomic E-state index is 11.7. The maximum absolute atomic E-state index is 11.7. The van der Waals surface area contributed by atoms with E-state index in [4.69, 9.17) is 5.11 Å². The predicted octanol–water partition coefficient (Wildman–Crippen LogP) is 1.93. The molecule has 0 saturated heterocycles. The van der Waals surface area contributed by atoms with Gasteiger partial charge < -0.3 is 14.9 Å². The number of amides is 1. The Morgan fingerprint density at radius 2 is 1.94 bits per heavy atom. The average Bonchev–Trinajstić information content (AvgIpc) is 2.81. The van der Waals surface area contributed by atoms with Crippen LogP contribution < -0.4 is 5.32 Å². The molecule has 0 aliphatic carbocycles. The lowest BCUT2D eigenvalue weighted by Crippen LogP contribution is -2.12. The lowest BCUT2D eigenvalue weighted by Gasteiger charge is -2.02. The molecule has 1 aromatic heterocycles. The molecule has 1 heterocycles. The molecule has 0 aliphatic rings. The average molecular weight is 246 g/mol. The molecule has 0 fully saturated rings. The normalized spacial score (nSPS) is 10.1. The second-order valence-electron chi connectivity index (χ2n) is 3.70. The number of benzene rings is 1. The van der Waals surface area contributed by atoms with Gasteiger partial charge in [0.15, 0.2) is 5.69 Å². The lowest BCUT2D eigenvalue weighted by atomic mass is 10.2. The minimum absolute atomic E-state index is 0.0759. The summed E-state index contributed by atoms with van der Waals surface area (Å²) in [6.07, 6.45) is 0. The van der Waals surface area contributed by atoms with E-state index in [1.165, 1.54) is 0 Å². The third-order valence-corrected chi connectivity index (χ3v) is 2.26. The zero-order chi connectivity index (χ0) is 13.1. The van der Waals surface area contributed by atoms with Gasteiger partial charge in [-0.1, -0.05) is 22.9 Å². The first-order valence-corrected chi connectivity index (χ1v) is 5.14. The molecule has 2 N–H and O–H groups in total. The number of nitrogens with one attached hydrogen (secondary N) is 1. The summed E-state index contributed by atoms with van der Waals surface area (Å²) in [6, 6.07) is 8.25. The van der Waals surface area contributed by atoms with Crippen molar-refractivity contribution in [2.45, 2.75) is 6.92 Å². The van der Waals surface area contributed by atoms with E-state index in [0.717, 1.165) is 11.6 Å². The maximum Gasteiger partial charge on any atom is 0.374 e. The van der Waals surface area contributed by atoms with E-state index < -0.39 is 11.9 Å². The number of hydrogen-bond acceptors (Lipinski definition) is 4. The van der Waals surface area contributed by atoms with E-state index in [2.05, 4.69) is 15.0 Å². The van der Waals surface area contributed by atoms with E-state index in [0.29, 0.717) is 5.69 Å². The third kappa shape index (κ3) is 2.54. The van der Waals surface area contributed by atoms with E-state index in [9.17, 15) is 9.59 Å². The lowest BCUT2D eigenvalue weighted by molar-refractivity contribution is 0.0651. The zero-order valence-corrected chi connectivity index (χ0v) is 9.51. The molecule has 6 heteroatoms. The molecule has 0 atom stereocenters. The first kappa shape index (κ1) is 11.8. The molecule has 0 aliphatic heterocycles. The van der Waals surface area contributed by atoms with Crippen molar-refractivity contribution in [1.29, 1.82) is 0 Å². The number of aryl methyl sites for hydroxylation is 1. The van der Waals surface area contributed by atoms with E-state index in [1.54, 1.807) is 12.1 Å². The summed E-state index contributed by atoms with van der Waals surface area (Å²) in [5.41, 5.74) is 1.60. The zero-order valence-electron chi connectivity index (χ0n) is 9.51. The number of rotatable bonds is 3. The summed E-state index contributed by atoms with van der Waals surface area (Å²) in [4.78, 5) is 22.3. The molecule has 6 nitrogen and oxygen atoms in total. The van der Waals surface area contributed by atoms with Gasteiger partial charge >= 0.3 is 5.97 Å². The Balaban J connectivity index is 2.11. The highest BCUT2D eigenvalue weighted by molar-refractivity contribution is 6.03. The monoisotopic (exact) mass is 246 g/mol. The van der Waals surface area contributed by atoms with Crippen molar-refractivity contribution in [3.8, 4) is 0 Å². The van der Waals surface area contributed by atoms with Gasteiger partial charge in [0.2, 0.25) is 5.76 Å². The summed E-state index contributed by atoms with van der Waals surface area (Å²) in [6.45, 7) is 1.93. The predicted molar refractivity (Wildman–Crippen MR) is 62.6 cm³/mol. The molecule has 92 valence electrons. The summed E-state index contributed by atoms with van der Waals surface area (Å²) < 4.78 is 4.49. The van der Waals surface area contributed by atoms with Crippen LogP contribution in [-0.2, 0) is 0 Å². The minimum atomic E-state index is -1.27. The van der Waals surface area contributed by atoms with Gasteiger partial charge in [-0.15, -0.1) is 0 Å². The molecule has 0 bridgehead atoms. The topological polar surface area (TPSA) is 92.4 Å². The van der Waals surface area contributed by atoms with Crippen molar-refractivity contribution in [3.05, 3.63) is 47.3 Å². The molecule has 0 saturated carbocycles. The van der Waals surface area contributed by atoms with Gasteiger partial charge in [-0.2, -0.15) is 0 Å². The van der Waals surface area contributed by atoms with Crippen LogP contribution in [0.25, 0.3) is 0 Å². The first-order valence-electron chi connectivity index (χ1n) is 5.14. The molecular formula is C12H10N2O4. The molecule has 2 aromatic rings. The van der Waals surface area contributed by atoms with Crippen LogP contribution in [0.15, 0.2) is 34.9 Å². The Bertz CT molecular complexity index is 586. The Kier molecular flexibility index (Phi) is 3.09. The van der Waals surface area contributed by atoms with Gasteiger partial charge in [0.05, 0.1) is 0 Å². The van der Waals surface area contributed by atoms with E-state index in [1.807, 2.05) is 19.1 Å². The van der Waals surface area contributed by atoms with Crippen LogP contribution in [0.1, 0.15) is 26.6 Å². The molecule has 1 amide bonds. The van der Waals surface area contributed by atoms with Crippen LogP contribution in [0, 0.1) is 6.92 Å². The van der Waals surface area contributed by atoms with E-state index in [-0.39, 0.29) is 11.5 Å². The van der Waals surface area contributed by atoms with Crippen LogP contribution in [0.3, 0.4) is 0 Å².